The fourth-order valence-electron chi connectivity index (χ4n) is 2.57. The summed E-state index contributed by atoms with van der Waals surface area (Å²) in [6.45, 7) is 1.97. The second-order valence-corrected chi connectivity index (χ2v) is 4.76. The summed E-state index contributed by atoms with van der Waals surface area (Å²) in [7, 11) is 3.75. The fraction of sp³-hybridized carbons (Fsp3) is 0.417. The third-order valence-electron chi connectivity index (χ3n) is 3.31. The van der Waals surface area contributed by atoms with E-state index >= 15 is 0 Å². The average Bonchev–Trinajstić information content (AvgIpc) is 2.79. The van der Waals surface area contributed by atoms with Gasteiger partial charge >= 0.3 is 0 Å². The van der Waals surface area contributed by atoms with E-state index in [0.717, 1.165) is 16.8 Å². The molecule has 0 bridgehead atoms. The molecular weight excluding hydrogens is 230 g/mol. The molecule has 1 aliphatic rings. The summed E-state index contributed by atoms with van der Waals surface area (Å²) in [4.78, 5) is 11.7. The SMILES string of the molecule is Cc1nn(C)cc1C1CC(=O)Nc2nn(C)cc21. The Hall–Kier alpha value is -2.11. The lowest BCUT2D eigenvalue weighted by atomic mass is 9.88. The van der Waals surface area contributed by atoms with Crippen molar-refractivity contribution in [3.8, 4) is 0 Å². The third-order valence-corrected chi connectivity index (χ3v) is 3.31. The highest BCUT2D eigenvalue weighted by atomic mass is 16.1. The van der Waals surface area contributed by atoms with Gasteiger partial charge in [-0.05, 0) is 6.92 Å². The van der Waals surface area contributed by atoms with Crippen LogP contribution in [0.25, 0.3) is 0 Å². The van der Waals surface area contributed by atoms with Crippen molar-refractivity contribution in [1.82, 2.24) is 19.6 Å². The van der Waals surface area contributed by atoms with Crippen LogP contribution in [0.1, 0.15) is 29.2 Å². The maximum atomic E-state index is 11.7. The number of rotatable bonds is 1. The van der Waals surface area contributed by atoms with Crippen molar-refractivity contribution < 1.29 is 4.79 Å². The van der Waals surface area contributed by atoms with Gasteiger partial charge in [0.15, 0.2) is 5.82 Å². The van der Waals surface area contributed by atoms with Gasteiger partial charge in [0.1, 0.15) is 0 Å². The van der Waals surface area contributed by atoms with Gasteiger partial charge in [-0.15, -0.1) is 0 Å². The normalized spacial score (nSPS) is 18.6. The van der Waals surface area contributed by atoms with Crippen LogP contribution < -0.4 is 5.32 Å². The van der Waals surface area contributed by atoms with Crippen LogP contribution in [0, 0.1) is 6.92 Å². The average molecular weight is 245 g/mol. The number of anilines is 1. The first-order valence-corrected chi connectivity index (χ1v) is 5.88. The third kappa shape index (κ3) is 1.61. The van der Waals surface area contributed by atoms with Crippen LogP contribution in [-0.2, 0) is 18.9 Å². The summed E-state index contributed by atoms with van der Waals surface area (Å²) in [6, 6.07) is 0. The molecule has 1 unspecified atom stereocenters. The van der Waals surface area contributed by atoms with Gasteiger partial charge < -0.3 is 5.32 Å². The lowest BCUT2D eigenvalue weighted by Crippen LogP contribution is -2.23. The minimum atomic E-state index is 0.00875. The van der Waals surface area contributed by atoms with E-state index in [1.165, 1.54) is 0 Å². The monoisotopic (exact) mass is 245 g/mol. The zero-order chi connectivity index (χ0) is 12.9. The standard InChI is InChI=1S/C12H15N5O/c1-7-9(5-16(2)14-7)8-4-11(18)13-12-10(8)6-17(3)15-12/h5-6,8H,4H2,1-3H3,(H,13,15,18). The lowest BCUT2D eigenvalue weighted by molar-refractivity contribution is -0.116. The van der Waals surface area contributed by atoms with Crippen LogP contribution in [-0.4, -0.2) is 25.5 Å². The molecule has 2 aromatic rings. The van der Waals surface area contributed by atoms with Crippen molar-refractivity contribution in [3.63, 3.8) is 0 Å². The zero-order valence-corrected chi connectivity index (χ0v) is 10.6. The second-order valence-electron chi connectivity index (χ2n) is 4.76. The molecule has 0 fully saturated rings. The molecule has 6 nitrogen and oxygen atoms in total. The number of nitrogens with one attached hydrogen (secondary N) is 1. The van der Waals surface area contributed by atoms with Gasteiger partial charge in [0.05, 0.1) is 5.69 Å². The Kier molecular flexibility index (Phi) is 2.26. The number of fused-ring (bicyclic) bond motifs is 1. The highest BCUT2D eigenvalue weighted by molar-refractivity contribution is 5.94. The largest absolute Gasteiger partial charge is 0.309 e. The smallest absolute Gasteiger partial charge is 0.226 e. The molecule has 3 rings (SSSR count). The molecule has 0 spiro atoms. The highest BCUT2D eigenvalue weighted by Crippen LogP contribution is 2.37. The number of carbonyl (C=O) groups excluding carboxylic acids is 1. The Labute approximate surface area is 105 Å². The minimum absolute atomic E-state index is 0.00875. The van der Waals surface area contributed by atoms with Gasteiger partial charge in [-0.3, -0.25) is 14.2 Å². The molecular formula is C12H15N5O. The van der Waals surface area contributed by atoms with Crippen LogP contribution in [0.2, 0.25) is 0 Å². The van der Waals surface area contributed by atoms with Gasteiger partial charge in [0.25, 0.3) is 0 Å². The Morgan fingerprint density at radius 3 is 2.56 bits per heavy atom. The molecule has 0 saturated heterocycles. The van der Waals surface area contributed by atoms with E-state index in [2.05, 4.69) is 15.5 Å². The van der Waals surface area contributed by atoms with Crippen molar-refractivity contribution >= 4 is 11.7 Å². The summed E-state index contributed by atoms with van der Waals surface area (Å²) in [5.74, 6) is 0.729. The molecule has 1 aliphatic heterocycles. The van der Waals surface area contributed by atoms with Crippen LogP contribution in [0.4, 0.5) is 5.82 Å². The summed E-state index contributed by atoms with van der Waals surface area (Å²) >= 11 is 0. The minimum Gasteiger partial charge on any atom is -0.309 e. The van der Waals surface area contributed by atoms with E-state index in [0.29, 0.717) is 12.2 Å². The zero-order valence-electron chi connectivity index (χ0n) is 10.6. The van der Waals surface area contributed by atoms with Gasteiger partial charge in [0, 0.05) is 50.0 Å². The molecule has 0 radical (unpaired) electrons. The molecule has 2 aromatic heterocycles. The fourth-order valence-corrected chi connectivity index (χ4v) is 2.57. The first-order valence-electron chi connectivity index (χ1n) is 5.88. The van der Waals surface area contributed by atoms with Crippen molar-refractivity contribution in [2.75, 3.05) is 5.32 Å². The van der Waals surface area contributed by atoms with E-state index in [-0.39, 0.29) is 11.8 Å². The van der Waals surface area contributed by atoms with E-state index in [4.69, 9.17) is 0 Å². The first-order chi connectivity index (χ1) is 8.54. The number of nitrogens with zero attached hydrogens (tertiary/aromatic N) is 4. The highest BCUT2D eigenvalue weighted by Gasteiger charge is 2.30. The summed E-state index contributed by atoms with van der Waals surface area (Å²) < 4.78 is 3.52. The van der Waals surface area contributed by atoms with Crippen molar-refractivity contribution in [2.45, 2.75) is 19.3 Å². The molecule has 94 valence electrons. The summed E-state index contributed by atoms with van der Waals surface area (Å²) in [6.07, 6.45) is 4.40. The number of amides is 1. The molecule has 0 aromatic carbocycles. The van der Waals surface area contributed by atoms with Crippen molar-refractivity contribution in [2.24, 2.45) is 14.1 Å². The number of aromatic nitrogens is 4. The molecule has 3 heterocycles. The second kappa shape index (κ2) is 3.69. The lowest BCUT2D eigenvalue weighted by Gasteiger charge is -2.20. The Balaban J connectivity index is 2.12. The predicted molar refractivity (Wildman–Crippen MR) is 66.2 cm³/mol. The topological polar surface area (TPSA) is 64.7 Å². The van der Waals surface area contributed by atoms with E-state index < -0.39 is 0 Å². The van der Waals surface area contributed by atoms with E-state index in [1.54, 1.807) is 9.36 Å². The number of hydrogen-bond donors (Lipinski definition) is 1. The van der Waals surface area contributed by atoms with Gasteiger partial charge in [-0.1, -0.05) is 0 Å². The van der Waals surface area contributed by atoms with Gasteiger partial charge in [-0.25, -0.2) is 0 Å². The maximum Gasteiger partial charge on any atom is 0.226 e. The van der Waals surface area contributed by atoms with Crippen molar-refractivity contribution in [3.05, 3.63) is 29.2 Å². The van der Waals surface area contributed by atoms with Crippen LogP contribution in [0.15, 0.2) is 12.4 Å². The number of carbonyl (C=O) groups is 1. The van der Waals surface area contributed by atoms with Crippen LogP contribution in [0.5, 0.6) is 0 Å². The molecule has 6 heteroatoms. The van der Waals surface area contributed by atoms with E-state index in [9.17, 15) is 4.79 Å². The Bertz CT molecular complexity index is 624. The van der Waals surface area contributed by atoms with Gasteiger partial charge in [0.2, 0.25) is 5.91 Å². The molecule has 18 heavy (non-hydrogen) atoms. The molecule has 1 N–H and O–H groups in total. The molecule has 1 amide bonds. The van der Waals surface area contributed by atoms with E-state index in [1.807, 2.05) is 33.4 Å². The molecule has 0 saturated carbocycles. The van der Waals surface area contributed by atoms with Crippen LogP contribution in [0.3, 0.4) is 0 Å². The van der Waals surface area contributed by atoms with Crippen LogP contribution >= 0.6 is 0 Å². The molecule has 1 atom stereocenters. The Morgan fingerprint density at radius 1 is 1.22 bits per heavy atom. The quantitative estimate of drug-likeness (QED) is 0.813. The van der Waals surface area contributed by atoms with Gasteiger partial charge in [-0.2, -0.15) is 10.2 Å². The number of hydrogen-bond acceptors (Lipinski definition) is 3. The predicted octanol–water partition coefficient (Wildman–Crippen LogP) is 0.936. The summed E-state index contributed by atoms with van der Waals surface area (Å²) in [5, 5.41) is 11.4. The van der Waals surface area contributed by atoms with Crippen molar-refractivity contribution in [1.29, 1.82) is 0 Å². The molecule has 0 aliphatic carbocycles. The number of aryl methyl sites for hydroxylation is 3. The maximum absolute atomic E-state index is 11.7. The summed E-state index contributed by atoms with van der Waals surface area (Å²) in [5.41, 5.74) is 3.13. The first kappa shape index (κ1) is 11.0. The Morgan fingerprint density at radius 2 is 1.89 bits per heavy atom.